The van der Waals surface area contributed by atoms with E-state index in [-0.39, 0.29) is 18.2 Å². The van der Waals surface area contributed by atoms with Crippen LogP contribution in [-0.4, -0.2) is 25.0 Å². The summed E-state index contributed by atoms with van der Waals surface area (Å²) in [6.07, 6.45) is 2.27. The summed E-state index contributed by atoms with van der Waals surface area (Å²) < 4.78 is 5.62. The Labute approximate surface area is 164 Å². The molecule has 5 nitrogen and oxygen atoms in total. The number of amides is 2. The Kier molecular flexibility index (Phi) is 6.35. The van der Waals surface area contributed by atoms with Crippen molar-refractivity contribution in [2.75, 3.05) is 23.4 Å². The molecule has 0 aromatic heterocycles. The number of unbranched alkanes of at least 4 members (excludes halogenated alkanes) is 1. The largest absolute Gasteiger partial charge is 0.494 e. The summed E-state index contributed by atoms with van der Waals surface area (Å²) in [5.74, 6) is 0.108. The molecule has 1 heterocycles. The van der Waals surface area contributed by atoms with Crippen LogP contribution in [-0.2, 0) is 9.59 Å². The maximum Gasteiger partial charge on any atom is 0.229 e. The van der Waals surface area contributed by atoms with Crippen molar-refractivity contribution in [3.05, 3.63) is 53.6 Å². The zero-order valence-corrected chi connectivity index (χ0v) is 16.0. The number of para-hydroxylation sites is 1. The molecule has 6 heteroatoms. The van der Waals surface area contributed by atoms with Crippen molar-refractivity contribution in [3.8, 4) is 5.75 Å². The Balaban J connectivity index is 1.59. The van der Waals surface area contributed by atoms with E-state index >= 15 is 0 Å². The van der Waals surface area contributed by atoms with Crippen molar-refractivity contribution in [1.29, 1.82) is 0 Å². The number of benzene rings is 2. The summed E-state index contributed by atoms with van der Waals surface area (Å²) >= 11 is 6.18. The van der Waals surface area contributed by atoms with E-state index in [2.05, 4.69) is 12.2 Å². The highest BCUT2D eigenvalue weighted by Crippen LogP contribution is 2.31. The average Bonchev–Trinajstić information content (AvgIpc) is 3.05. The van der Waals surface area contributed by atoms with Crippen LogP contribution in [0.25, 0.3) is 0 Å². The minimum absolute atomic E-state index is 0.0945. The van der Waals surface area contributed by atoms with Gasteiger partial charge in [-0.15, -0.1) is 0 Å². The summed E-state index contributed by atoms with van der Waals surface area (Å²) in [4.78, 5) is 26.5. The second-order valence-corrected chi connectivity index (χ2v) is 6.98. The molecule has 0 bridgehead atoms. The maximum atomic E-state index is 12.6. The zero-order valence-electron chi connectivity index (χ0n) is 15.3. The third-order valence-electron chi connectivity index (χ3n) is 4.53. The van der Waals surface area contributed by atoms with Crippen LogP contribution in [0, 0.1) is 5.92 Å². The highest BCUT2D eigenvalue weighted by Gasteiger charge is 2.35. The molecule has 1 aliphatic heterocycles. The molecule has 2 aromatic rings. The van der Waals surface area contributed by atoms with Crippen LogP contribution >= 0.6 is 11.6 Å². The molecular formula is C21H23ClN2O3. The van der Waals surface area contributed by atoms with Gasteiger partial charge in [-0.05, 0) is 42.8 Å². The first kappa shape index (κ1) is 19.2. The Hall–Kier alpha value is -2.53. The van der Waals surface area contributed by atoms with Gasteiger partial charge < -0.3 is 15.0 Å². The molecule has 0 aliphatic carbocycles. The minimum Gasteiger partial charge on any atom is -0.494 e. The van der Waals surface area contributed by atoms with Crippen LogP contribution in [0.2, 0.25) is 5.02 Å². The monoisotopic (exact) mass is 386 g/mol. The molecule has 1 atom stereocenters. The van der Waals surface area contributed by atoms with Crippen LogP contribution < -0.4 is 15.0 Å². The molecule has 1 N–H and O–H groups in total. The molecule has 0 radical (unpaired) electrons. The van der Waals surface area contributed by atoms with E-state index in [1.54, 1.807) is 17.0 Å². The molecule has 142 valence electrons. The standard InChI is InChI=1S/C21H23ClN2O3/c1-2-3-12-27-17-10-8-16(9-11-17)23-21(26)15-13-20(25)24(14-15)19-7-5-4-6-18(19)22/h4-11,15H,2-3,12-14H2,1H3,(H,23,26)/t15-/m1/s1. The van der Waals surface area contributed by atoms with Gasteiger partial charge in [-0.2, -0.15) is 0 Å². The summed E-state index contributed by atoms with van der Waals surface area (Å²) in [6, 6.07) is 14.4. The Morgan fingerprint density at radius 2 is 1.96 bits per heavy atom. The summed E-state index contributed by atoms with van der Waals surface area (Å²) in [6.45, 7) is 3.12. The third-order valence-corrected chi connectivity index (χ3v) is 4.85. The highest BCUT2D eigenvalue weighted by atomic mass is 35.5. The van der Waals surface area contributed by atoms with Crippen LogP contribution in [0.5, 0.6) is 5.75 Å². The van der Waals surface area contributed by atoms with Crippen LogP contribution in [0.4, 0.5) is 11.4 Å². The maximum absolute atomic E-state index is 12.6. The number of nitrogens with zero attached hydrogens (tertiary/aromatic N) is 1. The van der Waals surface area contributed by atoms with Crippen molar-refractivity contribution in [2.45, 2.75) is 26.2 Å². The van der Waals surface area contributed by atoms with Gasteiger partial charge in [0, 0.05) is 18.7 Å². The average molecular weight is 387 g/mol. The van der Waals surface area contributed by atoms with E-state index in [0.717, 1.165) is 18.6 Å². The number of carbonyl (C=O) groups excluding carboxylic acids is 2. The lowest BCUT2D eigenvalue weighted by atomic mass is 10.1. The number of halogens is 1. The summed E-state index contributed by atoms with van der Waals surface area (Å²) in [5.41, 5.74) is 1.33. The first-order valence-corrected chi connectivity index (χ1v) is 9.55. The Morgan fingerprint density at radius 1 is 1.22 bits per heavy atom. The van der Waals surface area contributed by atoms with Gasteiger partial charge >= 0.3 is 0 Å². The number of nitrogens with one attached hydrogen (secondary N) is 1. The fraction of sp³-hybridized carbons (Fsp3) is 0.333. The SMILES string of the molecule is CCCCOc1ccc(NC(=O)[C@@H]2CC(=O)N(c3ccccc3Cl)C2)cc1. The van der Waals surface area contributed by atoms with E-state index < -0.39 is 5.92 Å². The lowest BCUT2D eigenvalue weighted by molar-refractivity contribution is -0.122. The van der Waals surface area contributed by atoms with E-state index in [1.807, 2.05) is 36.4 Å². The second-order valence-electron chi connectivity index (χ2n) is 6.57. The van der Waals surface area contributed by atoms with Gasteiger partial charge in [0.25, 0.3) is 0 Å². The molecule has 0 saturated carbocycles. The third kappa shape index (κ3) is 4.80. The molecule has 3 rings (SSSR count). The van der Waals surface area contributed by atoms with Gasteiger partial charge in [0.05, 0.1) is 23.2 Å². The number of carbonyl (C=O) groups is 2. The first-order valence-electron chi connectivity index (χ1n) is 9.17. The lowest BCUT2D eigenvalue weighted by Gasteiger charge is -2.18. The molecule has 27 heavy (non-hydrogen) atoms. The second kappa shape index (κ2) is 8.91. The Morgan fingerprint density at radius 3 is 2.67 bits per heavy atom. The van der Waals surface area contributed by atoms with Gasteiger partial charge in [-0.25, -0.2) is 0 Å². The van der Waals surface area contributed by atoms with E-state index in [4.69, 9.17) is 16.3 Å². The van der Waals surface area contributed by atoms with Crippen LogP contribution in [0.15, 0.2) is 48.5 Å². The fourth-order valence-corrected chi connectivity index (χ4v) is 3.24. The normalized spacial score (nSPS) is 16.4. The van der Waals surface area contributed by atoms with Gasteiger partial charge in [-0.3, -0.25) is 9.59 Å². The molecule has 1 fully saturated rings. The van der Waals surface area contributed by atoms with E-state index in [9.17, 15) is 9.59 Å². The zero-order chi connectivity index (χ0) is 19.2. The molecule has 0 unspecified atom stereocenters. The number of hydrogen-bond donors (Lipinski definition) is 1. The molecule has 2 amide bonds. The van der Waals surface area contributed by atoms with E-state index in [0.29, 0.717) is 29.5 Å². The van der Waals surface area contributed by atoms with Gasteiger partial charge in [0.2, 0.25) is 11.8 Å². The number of rotatable bonds is 7. The fourth-order valence-electron chi connectivity index (χ4n) is 3.00. The smallest absolute Gasteiger partial charge is 0.229 e. The molecular weight excluding hydrogens is 364 g/mol. The molecule has 2 aromatic carbocycles. The summed E-state index contributed by atoms with van der Waals surface area (Å²) in [7, 11) is 0. The lowest BCUT2D eigenvalue weighted by Crippen LogP contribution is -2.28. The first-order chi connectivity index (χ1) is 13.1. The molecule has 1 saturated heterocycles. The quantitative estimate of drug-likeness (QED) is 0.712. The predicted molar refractivity (Wildman–Crippen MR) is 107 cm³/mol. The van der Waals surface area contributed by atoms with Crippen molar-refractivity contribution < 1.29 is 14.3 Å². The highest BCUT2D eigenvalue weighted by molar-refractivity contribution is 6.33. The minimum atomic E-state index is -0.408. The summed E-state index contributed by atoms with van der Waals surface area (Å²) in [5, 5.41) is 3.38. The Bertz CT molecular complexity index is 807. The molecule has 1 aliphatic rings. The van der Waals surface area contributed by atoms with Crippen molar-refractivity contribution in [2.24, 2.45) is 5.92 Å². The van der Waals surface area contributed by atoms with Gasteiger partial charge in [-0.1, -0.05) is 37.1 Å². The predicted octanol–water partition coefficient (Wildman–Crippen LogP) is 4.51. The van der Waals surface area contributed by atoms with Crippen LogP contribution in [0.1, 0.15) is 26.2 Å². The van der Waals surface area contributed by atoms with Gasteiger partial charge in [0.15, 0.2) is 0 Å². The number of hydrogen-bond acceptors (Lipinski definition) is 3. The van der Waals surface area contributed by atoms with Gasteiger partial charge in [0.1, 0.15) is 5.75 Å². The topological polar surface area (TPSA) is 58.6 Å². The van der Waals surface area contributed by atoms with Crippen molar-refractivity contribution in [1.82, 2.24) is 0 Å². The van der Waals surface area contributed by atoms with E-state index in [1.165, 1.54) is 0 Å². The van der Waals surface area contributed by atoms with Crippen molar-refractivity contribution in [3.63, 3.8) is 0 Å². The van der Waals surface area contributed by atoms with Crippen LogP contribution in [0.3, 0.4) is 0 Å². The number of ether oxygens (including phenoxy) is 1. The number of anilines is 2. The van der Waals surface area contributed by atoms with Crippen molar-refractivity contribution >= 4 is 34.8 Å². The molecule has 0 spiro atoms.